The van der Waals surface area contributed by atoms with Crippen LogP contribution in [0.3, 0.4) is 0 Å². The maximum Gasteiger partial charge on any atom is 0.274 e. The quantitative estimate of drug-likeness (QED) is 0.632. The molecule has 0 unspecified atom stereocenters. The number of nitrogen functional groups attached to an aromatic ring is 1. The fourth-order valence-corrected chi connectivity index (χ4v) is 1.47. The molecule has 0 radical (unpaired) electrons. The standard InChI is InChI=1S/C11H11N5O2/c1-7-2-3-8(4-9(7)16(17)18)14-11-6-13-5-10(12)15-11/h2-6H,1H3,(H3,12,14,15). The minimum absolute atomic E-state index is 0.0527. The Bertz CT molecular complexity index is 600. The van der Waals surface area contributed by atoms with E-state index in [-0.39, 0.29) is 11.5 Å². The van der Waals surface area contributed by atoms with Gasteiger partial charge in [-0.25, -0.2) is 4.98 Å². The third-order valence-corrected chi connectivity index (χ3v) is 2.33. The zero-order valence-corrected chi connectivity index (χ0v) is 9.62. The van der Waals surface area contributed by atoms with E-state index in [2.05, 4.69) is 15.3 Å². The molecule has 1 heterocycles. The van der Waals surface area contributed by atoms with Gasteiger partial charge in [-0.2, -0.15) is 0 Å². The van der Waals surface area contributed by atoms with Gasteiger partial charge in [0.05, 0.1) is 17.3 Å². The highest BCUT2D eigenvalue weighted by molar-refractivity contribution is 5.61. The first-order chi connectivity index (χ1) is 8.56. The number of rotatable bonds is 3. The smallest absolute Gasteiger partial charge is 0.274 e. The van der Waals surface area contributed by atoms with Crippen molar-refractivity contribution >= 4 is 23.0 Å². The molecule has 0 spiro atoms. The Morgan fingerprint density at radius 1 is 1.39 bits per heavy atom. The number of hydrogen-bond donors (Lipinski definition) is 2. The minimum Gasteiger partial charge on any atom is -0.382 e. The van der Waals surface area contributed by atoms with Crippen molar-refractivity contribution in [2.75, 3.05) is 11.1 Å². The predicted octanol–water partition coefficient (Wildman–Crippen LogP) is 2.02. The van der Waals surface area contributed by atoms with Crippen molar-refractivity contribution in [3.05, 3.63) is 46.3 Å². The summed E-state index contributed by atoms with van der Waals surface area (Å²) in [5.74, 6) is 0.717. The van der Waals surface area contributed by atoms with E-state index in [1.807, 2.05) is 0 Å². The van der Waals surface area contributed by atoms with Crippen LogP contribution in [0.15, 0.2) is 30.6 Å². The average Bonchev–Trinajstić information content (AvgIpc) is 2.31. The first-order valence-corrected chi connectivity index (χ1v) is 5.16. The SMILES string of the molecule is Cc1ccc(Nc2cncc(N)n2)cc1[N+](=O)[O-]. The largest absolute Gasteiger partial charge is 0.382 e. The molecule has 0 atom stereocenters. The molecular formula is C11H11N5O2. The summed E-state index contributed by atoms with van der Waals surface area (Å²) in [5, 5.41) is 13.7. The van der Waals surface area contributed by atoms with Gasteiger partial charge in [-0.15, -0.1) is 0 Å². The molecule has 7 nitrogen and oxygen atoms in total. The molecule has 92 valence electrons. The van der Waals surface area contributed by atoms with Crippen molar-refractivity contribution in [1.29, 1.82) is 0 Å². The number of benzene rings is 1. The van der Waals surface area contributed by atoms with Crippen LogP contribution in [0, 0.1) is 17.0 Å². The second kappa shape index (κ2) is 4.66. The lowest BCUT2D eigenvalue weighted by Crippen LogP contribution is -1.99. The fraction of sp³-hybridized carbons (Fsp3) is 0.0909. The van der Waals surface area contributed by atoms with Gasteiger partial charge < -0.3 is 11.1 Å². The maximum absolute atomic E-state index is 10.8. The van der Waals surface area contributed by atoms with Gasteiger partial charge in [-0.1, -0.05) is 6.07 Å². The number of aryl methyl sites for hydroxylation is 1. The van der Waals surface area contributed by atoms with E-state index in [1.54, 1.807) is 19.1 Å². The Kier molecular flexibility index (Phi) is 3.05. The number of nitrogens with two attached hydrogens (primary N) is 1. The lowest BCUT2D eigenvalue weighted by molar-refractivity contribution is -0.385. The van der Waals surface area contributed by atoms with Crippen LogP contribution < -0.4 is 11.1 Å². The van der Waals surface area contributed by atoms with E-state index in [0.717, 1.165) is 0 Å². The van der Waals surface area contributed by atoms with E-state index < -0.39 is 4.92 Å². The van der Waals surface area contributed by atoms with Gasteiger partial charge in [0.15, 0.2) is 5.82 Å². The van der Waals surface area contributed by atoms with Gasteiger partial charge >= 0.3 is 0 Å². The highest BCUT2D eigenvalue weighted by Gasteiger charge is 2.11. The summed E-state index contributed by atoms with van der Waals surface area (Å²) in [6.07, 6.45) is 2.91. The first kappa shape index (κ1) is 11.8. The molecule has 18 heavy (non-hydrogen) atoms. The Morgan fingerprint density at radius 2 is 2.17 bits per heavy atom. The molecule has 2 aromatic rings. The minimum atomic E-state index is -0.425. The highest BCUT2D eigenvalue weighted by atomic mass is 16.6. The van der Waals surface area contributed by atoms with Crippen LogP contribution in [0.5, 0.6) is 0 Å². The van der Waals surface area contributed by atoms with Crippen LogP contribution >= 0.6 is 0 Å². The normalized spacial score (nSPS) is 10.1. The van der Waals surface area contributed by atoms with Crippen LogP contribution in [0.1, 0.15) is 5.56 Å². The van der Waals surface area contributed by atoms with E-state index in [1.165, 1.54) is 18.5 Å². The lowest BCUT2D eigenvalue weighted by atomic mass is 10.2. The maximum atomic E-state index is 10.8. The summed E-state index contributed by atoms with van der Waals surface area (Å²) in [6.45, 7) is 1.68. The zero-order valence-electron chi connectivity index (χ0n) is 9.62. The summed E-state index contributed by atoms with van der Waals surface area (Å²) in [7, 11) is 0. The van der Waals surface area contributed by atoms with E-state index in [9.17, 15) is 10.1 Å². The van der Waals surface area contributed by atoms with Crippen LogP contribution in [-0.2, 0) is 0 Å². The Morgan fingerprint density at radius 3 is 2.83 bits per heavy atom. The molecule has 7 heteroatoms. The molecule has 0 amide bonds. The topological polar surface area (TPSA) is 107 Å². The van der Waals surface area contributed by atoms with Gasteiger partial charge in [-0.3, -0.25) is 15.1 Å². The summed E-state index contributed by atoms with van der Waals surface area (Å²) in [6, 6.07) is 4.84. The number of nitro benzene ring substituents is 1. The Labute approximate surface area is 103 Å². The Hall–Kier alpha value is -2.70. The second-order valence-electron chi connectivity index (χ2n) is 3.71. The molecule has 0 fully saturated rings. The molecule has 0 saturated carbocycles. The molecule has 0 bridgehead atoms. The van der Waals surface area contributed by atoms with Crippen molar-refractivity contribution in [3.63, 3.8) is 0 Å². The van der Waals surface area contributed by atoms with Gasteiger partial charge in [-0.05, 0) is 13.0 Å². The van der Waals surface area contributed by atoms with Crippen LogP contribution in [-0.4, -0.2) is 14.9 Å². The number of nitrogens with one attached hydrogen (secondary N) is 1. The summed E-state index contributed by atoms with van der Waals surface area (Å²) in [5.41, 5.74) is 6.71. The summed E-state index contributed by atoms with van der Waals surface area (Å²) < 4.78 is 0. The molecule has 0 saturated heterocycles. The van der Waals surface area contributed by atoms with Gasteiger partial charge in [0.25, 0.3) is 5.69 Å². The number of hydrogen-bond acceptors (Lipinski definition) is 6. The number of nitro groups is 1. The third-order valence-electron chi connectivity index (χ3n) is 2.33. The molecule has 0 aliphatic heterocycles. The zero-order chi connectivity index (χ0) is 13.1. The van der Waals surface area contributed by atoms with Crippen LogP contribution in [0.4, 0.5) is 23.0 Å². The molecule has 1 aromatic heterocycles. The number of nitrogens with zero attached hydrogens (tertiary/aromatic N) is 3. The molecule has 3 N–H and O–H groups in total. The van der Waals surface area contributed by atoms with E-state index in [4.69, 9.17) is 5.73 Å². The average molecular weight is 245 g/mol. The van der Waals surface area contributed by atoms with Gasteiger partial charge in [0, 0.05) is 17.3 Å². The second-order valence-corrected chi connectivity index (χ2v) is 3.71. The van der Waals surface area contributed by atoms with Gasteiger partial charge in [0.2, 0.25) is 0 Å². The first-order valence-electron chi connectivity index (χ1n) is 5.16. The van der Waals surface area contributed by atoms with Gasteiger partial charge in [0.1, 0.15) is 5.82 Å². The predicted molar refractivity (Wildman–Crippen MR) is 67.6 cm³/mol. The molecule has 1 aromatic carbocycles. The molecular weight excluding hydrogens is 234 g/mol. The van der Waals surface area contributed by atoms with Crippen molar-refractivity contribution < 1.29 is 4.92 Å². The van der Waals surface area contributed by atoms with Crippen molar-refractivity contribution in [2.45, 2.75) is 6.92 Å². The van der Waals surface area contributed by atoms with E-state index in [0.29, 0.717) is 17.1 Å². The summed E-state index contributed by atoms with van der Waals surface area (Å²) >= 11 is 0. The van der Waals surface area contributed by atoms with Crippen molar-refractivity contribution in [2.24, 2.45) is 0 Å². The molecule has 0 aliphatic carbocycles. The van der Waals surface area contributed by atoms with E-state index >= 15 is 0 Å². The van der Waals surface area contributed by atoms with Crippen molar-refractivity contribution in [1.82, 2.24) is 9.97 Å². The number of anilines is 3. The molecule has 2 rings (SSSR count). The number of aromatic nitrogens is 2. The fourth-order valence-electron chi connectivity index (χ4n) is 1.47. The Balaban J connectivity index is 2.30. The third kappa shape index (κ3) is 2.51. The monoisotopic (exact) mass is 245 g/mol. The summed E-state index contributed by atoms with van der Waals surface area (Å²) in [4.78, 5) is 18.3. The van der Waals surface area contributed by atoms with Crippen LogP contribution in [0.2, 0.25) is 0 Å². The highest BCUT2D eigenvalue weighted by Crippen LogP contribution is 2.24. The molecule has 0 aliphatic rings. The van der Waals surface area contributed by atoms with Crippen LogP contribution in [0.25, 0.3) is 0 Å². The lowest BCUT2D eigenvalue weighted by Gasteiger charge is -2.06. The van der Waals surface area contributed by atoms with Crippen molar-refractivity contribution in [3.8, 4) is 0 Å².